The van der Waals surface area contributed by atoms with Crippen molar-refractivity contribution >= 4 is 28.6 Å². The number of nitrogens with one attached hydrogen (secondary N) is 1. The molecule has 2 rings (SSSR count). The molecule has 0 spiro atoms. The Labute approximate surface area is 131 Å². The van der Waals surface area contributed by atoms with Crippen LogP contribution in [0.15, 0.2) is 28.7 Å². The highest BCUT2D eigenvalue weighted by molar-refractivity contribution is 7.13. The zero-order valence-electron chi connectivity index (χ0n) is 12.2. The van der Waals surface area contributed by atoms with E-state index in [4.69, 9.17) is 15.2 Å². The van der Waals surface area contributed by atoms with Crippen molar-refractivity contribution in [3.05, 3.63) is 34.8 Å². The average molecular weight is 320 g/mol. The van der Waals surface area contributed by atoms with E-state index in [0.29, 0.717) is 22.3 Å². The van der Waals surface area contributed by atoms with Gasteiger partial charge < -0.3 is 15.2 Å². The van der Waals surface area contributed by atoms with E-state index in [9.17, 15) is 4.79 Å². The minimum Gasteiger partial charge on any atom is -0.493 e. The van der Waals surface area contributed by atoms with E-state index >= 15 is 0 Å². The summed E-state index contributed by atoms with van der Waals surface area (Å²) in [6.45, 7) is 0. The largest absolute Gasteiger partial charge is 0.493 e. The minimum absolute atomic E-state index is 0.136. The van der Waals surface area contributed by atoms with Gasteiger partial charge in [-0.15, -0.1) is 11.3 Å². The quantitative estimate of drug-likeness (QED) is 0.620. The summed E-state index contributed by atoms with van der Waals surface area (Å²) < 4.78 is 10.3. The van der Waals surface area contributed by atoms with Gasteiger partial charge in [-0.3, -0.25) is 4.79 Å². The number of hydrogen-bond acceptors (Lipinski definition) is 7. The number of hydrazone groups is 1. The topological polar surface area (TPSA) is 98.8 Å². The number of carbonyl (C=O) groups is 1. The Morgan fingerprint density at radius 1 is 1.41 bits per heavy atom. The van der Waals surface area contributed by atoms with Crippen molar-refractivity contribution < 1.29 is 14.3 Å². The van der Waals surface area contributed by atoms with Crippen LogP contribution in [0.25, 0.3) is 0 Å². The van der Waals surface area contributed by atoms with Crippen LogP contribution in [0.5, 0.6) is 11.5 Å². The molecule has 22 heavy (non-hydrogen) atoms. The molecule has 0 saturated heterocycles. The first kappa shape index (κ1) is 15.8. The summed E-state index contributed by atoms with van der Waals surface area (Å²) in [5.41, 5.74) is 9.34. The Balaban J connectivity index is 1.93. The van der Waals surface area contributed by atoms with Crippen molar-refractivity contribution in [2.45, 2.75) is 6.42 Å². The number of aromatic nitrogens is 1. The fraction of sp³-hybridized carbons (Fsp3) is 0.214. The molecule has 1 aromatic carbocycles. The molecule has 1 aromatic heterocycles. The number of amides is 1. The number of nitrogens with zero attached hydrogens (tertiary/aromatic N) is 2. The molecule has 0 unspecified atom stereocenters. The van der Waals surface area contributed by atoms with Crippen molar-refractivity contribution in [2.75, 3.05) is 20.0 Å². The molecule has 0 saturated carbocycles. The first-order valence-corrected chi connectivity index (χ1v) is 7.24. The van der Waals surface area contributed by atoms with Crippen LogP contribution in [0.1, 0.15) is 11.3 Å². The van der Waals surface area contributed by atoms with Gasteiger partial charge in [0.15, 0.2) is 16.6 Å². The number of hydrogen-bond donors (Lipinski definition) is 2. The molecule has 116 valence electrons. The van der Waals surface area contributed by atoms with Gasteiger partial charge in [-0.1, -0.05) is 0 Å². The molecular formula is C14H16N4O3S. The smallest absolute Gasteiger partial charge is 0.246 e. The molecule has 2 aromatic rings. The van der Waals surface area contributed by atoms with Crippen molar-refractivity contribution in [2.24, 2.45) is 5.10 Å². The Kier molecular flexibility index (Phi) is 5.31. The van der Waals surface area contributed by atoms with E-state index in [1.807, 2.05) is 0 Å². The highest BCUT2D eigenvalue weighted by Gasteiger charge is 2.06. The SMILES string of the molecule is COc1ccc(/C=N/NC(=O)Cc2csc(N)n2)cc1OC. The molecule has 7 nitrogen and oxygen atoms in total. The van der Waals surface area contributed by atoms with Gasteiger partial charge >= 0.3 is 0 Å². The lowest BCUT2D eigenvalue weighted by molar-refractivity contribution is -0.120. The van der Waals surface area contributed by atoms with Crippen LogP contribution in [0.2, 0.25) is 0 Å². The zero-order valence-corrected chi connectivity index (χ0v) is 13.0. The Hall–Kier alpha value is -2.61. The van der Waals surface area contributed by atoms with E-state index in [0.717, 1.165) is 5.56 Å². The summed E-state index contributed by atoms with van der Waals surface area (Å²) in [5.74, 6) is 0.961. The van der Waals surface area contributed by atoms with Crippen LogP contribution in [0.4, 0.5) is 5.13 Å². The molecule has 1 amide bonds. The Bertz CT molecular complexity index is 684. The van der Waals surface area contributed by atoms with Crippen molar-refractivity contribution in [1.29, 1.82) is 0 Å². The van der Waals surface area contributed by atoms with Crippen molar-refractivity contribution in [1.82, 2.24) is 10.4 Å². The molecule has 0 aliphatic rings. The molecule has 0 aliphatic heterocycles. The molecule has 0 fully saturated rings. The van der Waals surface area contributed by atoms with Crippen LogP contribution >= 0.6 is 11.3 Å². The molecule has 0 aliphatic carbocycles. The van der Waals surface area contributed by atoms with Crippen LogP contribution in [-0.4, -0.2) is 31.3 Å². The average Bonchev–Trinajstić information content (AvgIpc) is 2.92. The van der Waals surface area contributed by atoms with Crippen molar-refractivity contribution in [3.8, 4) is 11.5 Å². The second kappa shape index (κ2) is 7.41. The lowest BCUT2D eigenvalue weighted by Crippen LogP contribution is -2.19. The van der Waals surface area contributed by atoms with Gasteiger partial charge in [0.05, 0.1) is 32.5 Å². The number of ether oxygens (including phenoxy) is 2. The molecule has 0 radical (unpaired) electrons. The second-order valence-electron chi connectivity index (χ2n) is 4.26. The number of nitrogen functional groups attached to an aromatic ring is 1. The number of benzene rings is 1. The van der Waals surface area contributed by atoms with Crippen LogP contribution in [0.3, 0.4) is 0 Å². The Morgan fingerprint density at radius 3 is 2.82 bits per heavy atom. The first-order chi connectivity index (χ1) is 10.6. The fourth-order valence-corrected chi connectivity index (χ4v) is 2.28. The number of rotatable bonds is 6. The maximum Gasteiger partial charge on any atom is 0.246 e. The van der Waals surface area contributed by atoms with E-state index in [-0.39, 0.29) is 12.3 Å². The van der Waals surface area contributed by atoms with Crippen molar-refractivity contribution in [3.63, 3.8) is 0 Å². The summed E-state index contributed by atoms with van der Waals surface area (Å²) in [6, 6.07) is 5.33. The normalized spacial score (nSPS) is 10.6. The number of methoxy groups -OCH3 is 2. The molecule has 8 heteroatoms. The molecule has 0 bridgehead atoms. The monoisotopic (exact) mass is 320 g/mol. The van der Waals surface area contributed by atoms with Gasteiger partial charge in [0.25, 0.3) is 0 Å². The van der Waals surface area contributed by atoms with Gasteiger partial charge in [-0.05, 0) is 23.8 Å². The summed E-state index contributed by atoms with van der Waals surface area (Å²) in [4.78, 5) is 15.7. The molecular weight excluding hydrogens is 304 g/mol. The highest BCUT2D eigenvalue weighted by Crippen LogP contribution is 2.26. The lowest BCUT2D eigenvalue weighted by Gasteiger charge is -2.07. The standard InChI is InChI=1S/C14H16N4O3S/c1-20-11-4-3-9(5-12(11)21-2)7-16-18-13(19)6-10-8-22-14(15)17-10/h3-5,7-8H,6H2,1-2H3,(H2,15,17)(H,18,19)/b16-7+. The van der Waals surface area contributed by atoms with E-state index in [1.165, 1.54) is 17.6 Å². The second-order valence-corrected chi connectivity index (χ2v) is 5.15. The van der Waals surface area contributed by atoms with Crippen LogP contribution in [0, 0.1) is 0 Å². The number of nitrogens with two attached hydrogens (primary N) is 1. The number of carbonyl (C=O) groups excluding carboxylic acids is 1. The maximum absolute atomic E-state index is 11.7. The summed E-state index contributed by atoms with van der Waals surface area (Å²) in [6.07, 6.45) is 1.66. The summed E-state index contributed by atoms with van der Waals surface area (Å²) in [5, 5.41) is 6.08. The third-order valence-electron chi connectivity index (χ3n) is 2.72. The highest BCUT2D eigenvalue weighted by atomic mass is 32.1. The number of anilines is 1. The van der Waals surface area contributed by atoms with Gasteiger partial charge in [-0.25, -0.2) is 10.4 Å². The molecule has 1 heterocycles. The third kappa shape index (κ3) is 4.19. The summed E-state index contributed by atoms with van der Waals surface area (Å²) in [7, 11) is 3.12. The maximum atomic E-state index is 11.7. The first-order valence-electron chi connectivity index (χ1n) is 6.36. The molecule has 3 N–H and O–H groups in total. The minimum atomic E-state index is -0.262. The van der Waals surface area contributed by atoms with E-state index in [1.54, 1.807) is 37.8 Å². The van der Waals surface area contributed by atoms with E-state index in [2.05, 4.69) is 15.5 Å². The lowest BCUT2D eigenvalue weighted by atomic mass is 10.2. The third-order valence-corrected chi connectivity index (χ3v) is 3.44. The molecule has 0 atom stereocenters. The summed E-state index contributed by atoms with van der Waals surface area (Å²) >= 11 is 1.30. The van der Waals surface area contributed by atoms with E-state index < -0.39 is 0 Å². The van der Waals surface area contributed by atoms with Gasteiger partial charge in [0.2, 0.25) is 5.91 Å². The van der Waals surface area contributed by atoms with Crippen LogP contribution in [-0.2, 0) is 11.2 Å². The predicted octanol–water partition coefficient (Wildman–Crippen LogP) is 1.44. The Morgan fingerprint density at radius 2 is 2.18 bits per heavy atom. The van der Waals surface area contributed by atoms with Gasteiger partial charge in [0, 0.05) is 5.38 Å². The van der Waals surface area contributed by atoms with Gasteiger partial charge in [0.1, 0.15) is 0 Å². The number of thiazole rings is 1. The zero-order chi connectivity index (χ0) is 15.9. The predicted molar refractivity (Wildman–Crippen MR) is 85.5 cm³/mol. The van der Waals surface area contributed by atoms with Gasteiger partial charge in [-0.2, -0.15) is 5.10 Å². The van der Waals surface area contributed by atoms with Crippen LogP contribution < -0.4 is 20.6 Å². The fourth-order valence-electron chi connectivity index (χ4n) is 1.72.